The molecule has 1 saturated heterocycles. The van der Waals surface area contributed by atoms with Crippen molar-refractivity contribution < 1.29 is 4.79 Å². The van der Waals surface area contributed by atoms with Gasteiger partial charge >= 0.3 is 0 Å². The molecule has 0 saturated carbocycles. The molecule has 1 aliphatic rings. The average molecular weight is 433 g/mol. The molecule has 3 rings (SSSR count). The fourth-order valence-corrected chi connectivity index (χ4v) is 4.16. The smallest absolute Gasteiger partial charge is 0.267 e. The number of hydrogen-bond donors (Lipinski definition) is 1. The summed E-state index contributed by atoms with van der Waals surface area (Å²) < 4.78 is 1.55. The van der Waals surface area contributed by atoms with Gasteiger partial charge in [-0.2, -0.15) is 0 Å². The average Bonchev–Trinajstić information content (AvgIpc) is 2.83. The van der Waals surface area contributed by atoms with Crippen LogP contribution in [-0.4, -0.2) is 21.8 Å². The van der Waals surface area contributed by atoms with Crippen LogP contribution < -0.4 is 5.32 Å². The second kappa shape index (κ2) is 7.72. The molecule has 1 aliphatic heterocycles. The van der Waals surface area contributed by atoms with E-state index in [-0.39, 0.29) is 5.91 Å². The number of nitrogens with one attached hydrogen (secondary N) is 1. The molecule has 2 aromatic carbocycles. The van der Waals surface area contributed by atoms with Crippen LogP contribution in [0.5, 0.6) is 0 Å². The molecule has 1 amide bonds. The van der Waals surface area contributed by atoms with Gasteiger partial charge in [-0.25, -0.2) is 0 Å². The highest BCUT2D eigenvalue weighted by molar-refractivity contribution is 9.10. The van der Waals surface area contributed by atoms with Gasteiger partial charge in [0.15, 0.2) is 0 Å². The Morgan fingerprint density at radius 2 is 2.00 bits per heavy atom. The van der Waals surface area contributed by atoms with Gasteiger partial charge in [-0.1, -0.05) is 64.2 Å². The van der Waals surface area contributed by atoms with E-state index in [1.165, 1.54) is 22.9 Å². The molecule has 6 heteroatoms. The maximum Gasteiger partial charge on any atom is 0.267 e. The minimum Gasteiger partial charge on any atom is -0.367 e. The predicted octanol–water partition coefficient (Wildman–Crippen LogP) is 5.34. The van der Waals surface area contributed by atoms with Gasteiger partial charge in [-0.3, -0.25) is 9.69 Å². The summed E-state index contributed by atoms with van der Waals surface area (Å²) in [5.74, 6) is -0.0622. The summed E-state index contributed by atoms with van der Waals surface area (Å²) in [5.41, 5.74) is 4.38. The van der Waals surface area contributed by atoms with Crippen molar-refractivity contribution in [1.29, 1.82) is 0 Å². The summed E-state index contributed by atoms with van der Waals surface area (Å²) in [6.07, 6.45) is 1.88. The van der Waals surface area contributed by atoms with E-state index in [1.807, 2.05) is 42.5 Å². The van der Waals surface area contributed by atoms with E-state index in [0.29, 0.717) is 15.9 Å². The van der Waals surface area contributed by atoms with Crippen LogP contribution >= 0.6 is 39.9 Å². The van der Waals surface area contributed by atoms with Crippen LogP contribution in [-0.2, 0) is 4.79 Å². The van der Waals surface area contributed by atoms with Crippen molar-refractivity contribution in [3.63, 3.8) is 0 Å². The molecular formula is C19H17BrN2OS2. The normalized spacial score (nSPS) is 16.0. The van der Waals surface area contributed by atoms with Gasteiger partial charge in [-0.15, -0.1) is 0 Å². The Hall–Kier alpha value is -1.63. The van der Waals surface area contributed by atoms with Crippen molar-refractivity contribution in [2.75, 3.05) is 12.0 Å². The first-order valence-electron chi connectivity index (χ1n) is 7.77. The number of hydrogen-bond acceptors (Lipinski definition) is 4. The number of aryl methyl sites for hydroxylation is 1. The summed E-state index contributed by atoms with van der Waals surface area (Å²) in [4.78, 5) is 14.9. The minimum absolute atomic E-state index is 0.0622. The first-order valence-corrected chi connectivity index (χ1v) is 9.78. The molecule has 1 N–H and O–H groups in total. The molecule has 1 fully saturated rings. The molecule has 2 aromatic rings. The van der Waals surface area contributed by atoms with Crippen LogP contribution in [0.1, 0.15) is 16.7 Å². The van der Waals surface area contributed by atoms with Crippen LogP contribution in [0.2, 0.25) is 0 Å². The van der Waals surface area contributed by atoms with Gasteiger partial charge < -0.3 is 5.32 Å². The molecule has 0 spiro atoms. The molecule has 3 nitrogen and oxygen atoms in total. The van der Waals surface area contributed by atoms with Gasteiger partial charge in [-0.05, 0) is 54.8 Å². The molecule has 128 valence electrons. The van der Waals surface area contributed by atoms with Crippen LogP contribution in [0, 0.1) is 13.8 Å². The number of nitrogens with zero attached hydrogens (tertiary/aromatic N) is 1. The summed E-state index contributed by atoms with van der Waals surface area (Å²) in [7, 11) is 0. The fraction of sp³-hybridized carbons (Fsp3) is 0.158. The maximum atomic E-state index is 12.7. The summed E-state index contributed by atoms with van der Waals surface area (Å²) in [6.45, 7) is 4.50. The van der Waals surface area contributed by atoms with Crippen molar-refractivity contribution >= 4 is 61.9 Å². The highest BCUT2D eigenvalue weighted by Crippen LogP contribution is 2.33. The van der Waals surface area contributed by atoms with Gasteiger partial charge in [0.25, 0.3) is 5.91 Å². The monoisotopic (exact) mass is 432 g/mol. The van der Waals surface area contributed by atoms with Gasteiger partial charge in [0.05, 0.1) is 11.6 Å². The molecule has 0 aromatic heterocycles. The second-order valence-electron chi connectivity index (χ2n) is 5.75. The van der Waals surface area contributed by atoms with Crippen molar-refractivity contribution in [2.45, 2.75) is 13.8 Å². The topological polar surface area (TPSA) is 32.3 Å². The first kappa shape index (κ1) is 18.2. The zero-order valence-electron chi connectivity index (χ0n) is 13.9. The largest absolute Gasteiger partial charge is 0.367 e. The molecule has 25 heavy (non-hydrogen) atoms. The number of thiocarbonyl (C=S) groups is 1. The number of halogens is 1. The Bertz CT molecular complexity index is 879. The van der Waals surface area contributed by atoms with Crippen LogP contribution in [0.15, 0.2) is 51.8 Å². The molecular weight excluding hydrogens is 416 g/mol. The molecule has 1 heterocycles. The Morgan fingerprint density at radius 3 is 2.76 bits per heavy atom. The van der Waals surface area contributed by atoms with Gasteiger partial charge in [0.2, 0.25) is 0 Å². The van der Waals surface area contributed by atoms with E-state index in [2.05, 4.69) is 41.2 Å². The molecule has 0 unspecified atom stereocenters. The lowest BCUT2D eigenvalue weighted by molar-refractivity contribution is -0.121. The van der Waals surface area contributed by atoms with Gasteiger partial charge in [0.1, 0.15) is 4.32 Å². The predicted molar refractivity (Wildman–Crippen MR) is 114 cm³/mol. The Morgan fingerprint density at radius 1 is 1.24 bits per heavy atom. The number of benzene rings is 2. The third-order valence-electron chi connectivity index (χ3n) is 4.05. The van der Waals surface area contributed by atoms with Crippen molar-refractivity contribution in [3.8, 4) is 0 Å². The maximum absolute atomic E-state index is 12.7. The lowest BCUT2D eigenvalue weighted by atomic mass is 10.1. The number of rotatable bonds is 4. The van der Waals surface area contributed by atoms with E-state index in [9.17, 15) is 4.79 Å². The molecule has 0 bridgehead atoms. The van der Waals surface area contributed by atoms with E-state index in [0.717, 1.165) is 15.7 Å². The number of anilines is 1. The number of amides is 1. The van der Waals surface area contributed by atoms with E-state index in [4.69, 9.17) is 12.2 Å². The van der Waals surface area contributed by atoms with E-state index >= 15 is 0 Å². The zero-order valence-corrected chi connectivity index (χ0v) is 17.1. The Kier molecular flexibility index (Phi) is 5.61. The van der Waals surface area contributed by atoms with E-state index in [1.54, 1.807) is 4.90 Å². The number of thioether (sulfide) groups is 1. The SMILES string of the molecule is Cc1cccc(NCN2C(=O)/C(=C\c3cccc(Br)c3)SC2=S)c1C. The second-order valence-corrected chi connectivity index (χ2v) is 8.34. The van der Waals surface area contributed by atoms with Crippen LogP contribution in [0.3, 0.4) is 0 Å². The number of carbonyl (C=O) groups is 1. The summed E-state index contributed by atoms with van der Waals surface area (Å²) in [6, 6.07) is 13.9. The van der Waals surface area contributed by atoms with E-state index < -0.39 is 0 Å². The standard InChI is InChI=1S/C19H17BrN2OS2/c1-12-5-3-8-16(13(12)2)21-11-22-18(23)17(25-19(22)24)10-14-6-4-7-15(20)9-14/h3-10,21H,11H2,1-2H3/b17-10+. The lowest BCUT2D eigenvalue weighted by Gasteiger charge is -2.18. The molecule has 0 aliphatic carbocycles. The highest BCUT2D eigenvalue weighted by Gasteiger charge is 2.31. The quantitative estimate of drug-likeness (QED) is 0.522. The Balaban J connectivity index is 1.74. The van der Waals surface area contributed by atoms with Crippen LogP contribution in [0.25, 0.3) is 6.08 Å². The fourth-order valence-electron chi connectivity index (χ4n) is 2.49. The van der Waals surface area contributed by atoms with Crippen molar-refractivity contribution in [3.05, 3.63) is 68.5 Å². The highest BCUT2D eigenvalue weighted by atomic mass is 79.9. The Labute approximate surface area is 165 Å². The van der Waals surface area contributed by atoms with Crippen molar-refractivity contribution in [1.82, 2.24) is 4.90 Å². The number of carbonyl (C=O) groups excluding carboxylic acids is 1. The third kappa shape index (κ3) is 4.14. The van der Waals surface area contributed by atoms with Crippen molar-refractivity contribution in [2.24, 2.45) is 0 Å². The molecule has 0 radical (unpaired) electrons. The first-order chi connectivity index (χ1) is 12.0. The zero-order chi connectivity index (χ0) is 18.0. The lowest BCUT2D eigenvalue weighted by Crippen LogP contribution is -2.33. The van der Waals surface area contributed by atoms with Gasteiger partial charge in [0, 0.05) is 10.2 Å². The third-order valence-corrected chi connectivity index (χ3v) is 5.92. The van der Waals surface area contributed by atoms with Crippen LogP contribution in [0.4, 0.5) is 5.69 Å². The summed E-state index contributed by atoms with van der Waals surface area (Å²) in [5, 5.41) is 3.32. The molecule has 0 atom stereocenters. The summed E-state index contributed by atoms with van der Waals surface area (Å²) >= 11 is 10.2. The minimum atomic E-state index is -0.0622.